The van der Waals surface area contributed by atoms with Gasteiger partial charge < -0.3 is 5.11 Å². The molecule has 9 heavy (non-hydrogen) atoms. The lowest BCUT2D eigenvalue weighted by Gasteiger charge is -1.74. The summed E-state index contributed by atoms with van der Waals surface area (Å²) in [5, 5.41) is 7.42. The normalized spacial score (nSPS) is 6.67. The second kappa shape index (κ2) is 7.21. The molecule has 0 aromatic carbocycles. The minimum absolute atomic E-state index is 0.833. The van der Waals surface area contributed by atoms with E-state index in [9.17, 15) is 0 Å². The smallest absolute Gasteiger partial charge is 0.300 e. The molecule has 0 aliphatic carbocycles. The molecule has 0 fully saturated rings. The highest BCUT2D eigenvalue weighted by atomic mass is 16.4. The Hall–Kier alpha value is -0.790. The van der Waals surface area contributed by atoms with E-state index in [1.54, 1.807) is 0 Å². The summed E-state index contributed by atoms with van der Waals surface area (Å²) in [6.07, 6.45) is 2.08. The second-order valence-electron chi connectivity index (χ2n) is 1.89. The van der Waals surface area contributed by atoms with Gasteiger partial charge in [-0.15, -0.1) is 0 Å². The lowest BCUT2D eigenvalue weighted by molar-refractivity contribution is -0.134. The van der Waals surface area contributed by atoms with Crippen molar-refractivity contribution in [3.8, 4) is 0 Å². The maximum Gasteiger partial charge on any atom is 0.300 e. The standard InChI is InChI=1S/C5H10.C2H4O2/c1-4-5(2)3;1-2(3)4/h4H,1-3H3;1H3,(H,3,4). The number of hydrogen-bond donors (Lipinski definition) is 1. The van der Waals surface area contributed by atoms with Gasteiger partial charge in [0.25, 0.3) is 5.97 Å². The molecule has 0 radical (unpaired) electrons. The van der Waals surface area contributed by atoms with Crippen molar-refractivity contribution in [3.63, 3.8) is 0 Å². The topological polar surface area (TPSA) is 37.3 Å². The first kappa shape index (κ1) is 11.1. The van der Waals surface area contributed by atoms with Gasteiger partial charge in [-0.1, -0.05) is 11.6 Å². The monoisotopic (exact) mass is 130 g/mol. The zero-order valence-corrected chi connectivity index (χ0v) is 6.43. The minimum atomic E-state index is -0.833. The molecule has 0 aliphatic rings. The van der Waals surface area contributed by atoms with E-state index in [1.165, 1.54) is 5.57 Å². The van der Waals surface area contributed by atoms with Crippen molar-refractivity contribution < 1.29 is 9.90 Å². The van der Waals surface area contributed by atoms with Gasteiger partial charge in [-0.05, 0) is 20.8 Å². The van der Waals surface area contributed by atoms with Crippen molar-refractivity contribution >= 4 is 5.97 Å². The molecule has 0 rings (SSSR count). The summed E-state index contributed by atoms with van der Waals surface area (Å²) in [7, 11) is 0. The fourth-order valence-corrected chi connectivity index (χ4v) is 0. The maximum atomic E-state index is 9.00. The highest BCUT2D eigenvalue weighted by molar-refractivity contribution is 5.62. The third kappa shape index (κ3) is 134. The Kier molecular flexibility index (Phi) is 8.87. The van der Waals surface area contributed by atoms with Crippen LogP contribution in [-0.4, -0.2) is 11.1 Å². The van der Waals surface area contributed by atoms with Gasteiger partial charge in [-0.25, -0.2) is 0 Å². The molecular formula is C7H14O2. The van der Waals surface area contributed by atoms with E-state index in [1.807, 2.05) is 6.92 Å². The molecule has 0 spiro atoms. The summed E-state index contributed by atoms with van der Waals surface area (Å²) in [5.41, 5.74) is 1.38. The summed E-state index contributed by atoms with van der Waals surface area (Å²) < 4.78 is 0. The van der Waals surface area contributed by atoms with Gasteiger partial charge in [-0.2, -0.15) is 0 Å². The molecule has 54 valence electrons. The van der Waals surface area contributed by atoms with Crippen molar-refractivity contribution in [2.75, 3.05) is 0 Å². The summed E-state index contributed by atoms with van der Waals surface area (Å²) >= 11 is 0. The second-order valence-corrected chi connectivity index (χ2v) is 1.89. The fraction of sp³-hybridized carbons (Fsp3) is 0.571. The molecule has 0 bridgehead atoms. The molecule has 0 aromatic heterocycles. The van der Waals surface area contributed by atoms with Crippen LogP contribution < -0.4 is 0 Å². The zero-order valence-electron chi connectivity index (χ0n) is 6.43. The Morgan fingerprint density at radius 2 is 1.44 bits per heavy atom. The molecule has 0 aliphatic heterocycles. The fourth-order valence-electron chi connectivity index (χ4n) is 0. The lowest BCUT2D eigenvalue weighted by Crippen LogP contribution is -1.78. The molecule has 0 aromatic rings. The van der Waals surface area contributed by atoms with Crippen molar-refractivity contribution in [3.05, 3.63) is 11.6 Å². The van der Waals surface area contributed by atoms with Gasteiger partial charge >= 0.3 is 0 Å². The zero-order chi connectivity index (χ0) is 7.86. The van der Waals surface area contributed by atoms with E-state index in [2.05, 4.69) is 19.9 Å². The molecule has 0 atom stereocenters. The predicted molar refractivity (Wildman–Crippen MR) is 38.4 cm³/mol. The Labute approximate surface area is 56.2 Å². The van der Waals surface area contributed by atoms with Crippen LogP contribution in [0, 0.1) is 0 Å². The molecule has 2 nitrogen and oxygen atoms in total. The summed E-state index contributed by atoms with van der Waals surface area (Å²) in [5.74, 6) is -0.833. The molecule has 0 heterocycles. The number of carbonyl (C=O) groups is 1. The average molecular weight is 130 g/mol. The molecule has 0 saturated carbocycles. The lowest BCUT2D eigenvalue weighted by atomic mass is 10.3. The van der Waals surface area contributed by atoms with Crippen LogP contribution >= 0.6 is 0 Å². The highest BCUT2D eigenvalue weighted by Crippen LogP contribution is 1.82. The number of carboxylic acid groups (broad SMARTS) is 1. The van der Waals surface area contributed by atoms with Gasteiger partial charge in [0, 0.05) is 6.92 Å². The van der Waals surface area contributed by atoms with E-state index >= 15 is 0 Å². The third-order valence-electron chi connectivity index (χ3n) is 0.577. The van der Waals surface area contributed by atoms with Crippen molar-refractivity contribution in [1.29, 1.82) is 0 Å². The molecule has 1 N–H and O–H groups in total. The van der Waals surface area contributed by atoms with Crippen LogP contribution in [0.4, 0.5) is 0 Å². The van der Waals surface area contributed by atoms with Crippen LogP contribution in [0.2, 0.25) is 0 Å². The number of aliphatic carboxylic acids is 1. The van der Waals surface area contributed by atoms with Crippen molar-refractivity contribution in [2.24, 2.45) is 0 Å². The van der Waals surface area contributed by atoms with Gasteiger partial charge in [0.2, 0.25) is 0 Å². The molecular weight excluding hydrogens is 116 g/mol. The Bertz CT molecular complexity index is 95.5. The third-order valence-corrected chi connectivity index (χ3v) is 0.577. The number of carboxylic acids is 1. The van der Waals surface area contributed by atoms with Crippen LogP contribution in [0.5, 0.6) is 0 Å². The van der Waals surface area contributed by atoms with Gasteiger partial charge in [0.1, 0.15) is 0 Å². The summed E-state index contributed by atoms with van der Waals surface area (Å²) in [4.78, 5) is 9.00. The van der Waals surface area contributed by atoms with E-state index in [4.69, 9.17) is 9.90 Å². The first-order valence-electron chi connectivity index (χ1n) is 2.79. The Morgan fingerprint density at radius 3 is 1.44 bits per heavy atom. The van der Waals surface area contributed by atoms with Crippen molar-refractivity contribution in [2.45, 2.75) is 27.7 Å². The predicted octanol–water partition coefficient (Wildman–Crippen LogP) is 2.06. The van der Waals surface area contributed by atoms with Gasteiger partial charge in [0.05, 0.1) is 0 Å². The quantitative estimate of drug-likeness (QED) is 0.509. The molecule has 0 amide bonds. The molecule has 0 unspecified atom stereocenters. The van der Waals surface area contributed by atoms with Crippen LogP contribution in [0.1, 0.15) is 27.7 Å². The Balaban J connectivity index is 0. The first-order chi connectivity index (χ1) is 4.00. The van der Waals surface area contributed by atoms with Crippen LogP contribution in [0.25, 0.3) is 0 Å². The first-order valence-corrected chi connectivity index (χ1v) is 2.79. The number of allylic oxidation sites excluding steroid dienone is 2. The SMILES string of the molecule is CC(=O)O.CC=C(C)C. The molecule has 2 heteroatoms. The van der Waals surface area contributed by atoms with Gasteiger partial charge in [0.15, 0.2) is 0 Å². The average Bonchev–Trinajstić information content (AvgIpc) is 1.65. The van der Waals surface area contributed by atoms with E-state index in [0.717, 1.165) is 6.92 Å². The van der Waals surface area contributed by atoms with Crippen LogP contribution in [0.15, 0.2) is 11.6 Å². The molecule has 0 saturated heterocycles. The number of rotatable bonds is 0. The van der Waals surface area contributed by atoms with Crippen molar-refractivity contribution in [1.82, 2.24) is 0 Å². The highest BCUT2D eigenvalue weighted by Gasteiger charge is 1.65. The summed E-state index contributed by atoms with van der Waals surface area (Å²) in [6, 6.07) is 0. The maximum absolute atomic E-state index is 9.00. The largest absolute Gasteiger partial charge is 0.481 e. The van der Waals surface area contributed by atoms with Crippen LogP contribution in [0.3, 0.4) is 0 Å². The van der Waals surface area contributed by atoms with E-state index in [0.29, 0.717) is 0 Å². The Morgan fingerprint density at radius 1 is 1.33 bits per heavy atom. The van der Waals surface area contributed by atoms with E-state index in [-0.39, 0.29) is 0 Å². The van der Waals surface area contributed by atoms with E-state index < -0.39 is 5.97 Å². The van der Waals surface area contributed by atoms with Crippen LogP contribution in [-0.2, 0) is 4.79 Å². The minimum Gasteiger partial charge on any atom is -0.481 e. The number of hydrogen-bond acceptors (Lipinski definition) is 1. The van der Waals surface area contributed by atoms with Gasteiger partial charge in [-0.3, -0.25) is 4.79 Å². The summed E-state index contributed by atoms with van der Waals surface area (Å²) in [6.45, 7) is 7.29.